The first kappa shape index (κ1) is 12.7. The Hall–Kier alpha value is -0.760. The van der Waals surface area contributed by atoms with E-state index in [1.807, 2.05) is 12.3 Å². The second-order valence-electron chi connectivity index (χ2n) is 3.62. The normalized spacial score (nSPS) is 14.9. The Morgan fingerprint density at radius 3 is 3.12 bits per heavy atom. The second-order valence-corrected chi connectivity index (χ2v) is 4.65. The maximum absolute atomic E-state index is 4.45. The molecule has 0 fully saturated rings. The van der Waals surface area contributed by atoms with Gasteiger partial charge in [-0.1, -0.05) is 11.8 Å². The topological polar surface area (TPSA) is 53.1 Å². The van der Waals surface area contributed by atoms with Gasteiger partial charge in [0, 0.05) is 35.8 Å². The molecule has 0 atom stereocenters. The van der Waals surface area contributed by atoms with Crippen LogP contribution in [0.15, 0.2) is 34.4 Å². The minimum absolute atomic E-state index is 0. The second kappa shape index (κ2) is 5.72. The quantitative estimate of drug-likeness (QED) is 0.769. The van der Waals surface area contributed by atoms with Gasteiger partial charge in [0.25, 0.3) is 0 Å². The number of nitrogens with one attached hydrogen (secondary N) is 2. The first-order chi connectivity index (χ1) is 7.93. The minimum atomic E-state index is 0. The average molecular weight is 360 g/mol. The van der Waals surface area contributed by atoms with Crippen molar-refractivity contribution in [2.45, 2.75) is 11.3 Å². The Kier molecular flexibility index (Phi) is 4.27. The summed E-state index contributed by atoms with van der Waals surface area (Å²) in [6.45, 7) is 1.95. The molecular formula is C11H13IN4S. The summed E-state index contributed by atoms with van der Waals surface area (Å²) in [5, 5.41) is 5.47. The van der Waals surface area contributed by atoms with E-state index in [1.165, 1.54) is 4.90 Å². The van der Waals surface area contributed by atoms with Gasteiger partial charge in [-0.05, 0) is 18.6 Å². The van der Waals surface area contributed by atoms with Crippen LogP contribution < -0.4 is 5.32 Å². The van der Waals surface area contributed by atoms with Gasteiger partial charge in [-0.15, -0.1) is 24.0 Å². The number of halogens is 1. The van der Waals surface area contributed by atoms with E-state index in [-0.39, 0.29) is 24.0 Å². The monoisotopic (exact) mass is 360 g/mol. The Bertz CT molecular complexity index is 537. The van der Waals surface area contributed by atoms with E-state index in [0.717, 1.165) is 35.7 Å². The lowest BCUT2D eigenvalue weighted by atomic mass is 10.3. The Morgan fingerprint density at radius 2 is 2.29 bits per heavy atom. The molecule has 0 spiro atoms. The predicted molar refractivity (Wildman–Crippen MR) is 82.3 cm³/mol. The van der Waals surface area contributed by atoms with Gasteiger partial charge in [-0.3, -0.25) is 4.99 Å². The maximum Gasteiger partial charge on any atom is 0.161 e. The Morgan fingerprint density at radius 1 is 1.35 bits per heavy atom. The number of amidine groups is 1. The molecule has 0 bridgehead atoms. The van der Waals surface area contributed by atoms with Crippen molar-refractivity contribution in [3.8, 4) is 0 Å². The number of thioether (sulfide) groups is 1. The lowest BCUT2D eigenvalue weighted by molar-refractivity contribution is 0.751. The van der Waals surface area contributed by atoms with Gasteiger partial charge in [-0.25, -0.2) is 4.98 Å². The first-order valence-electron chi connectivity index (χ1n) is 5.32. The van der Waals surface area contributed by atoms with E-state index in [2.05, 4.69) is 26.3 Å². The lowest BCUT2D eigenvalue weighted by Crippen LogP contribution is -2.26. The van der Waals surface area contributed by atoms with E-state index in [1.54, 1.807) is 18.0 Å². The number of aliphatic imine (C=N–C) groups is 1. The summed E-state index contributed by atoms with van der Waals surface area (Å²) >= 11 is 1.67. The molecule has 0 unspecified atom stereocenters. The molecule has 3 rings (SSSR count). The van der Waals surface area contributed by atoms with Gasteiger partial charge in [0.05, 0.1) is 0 Å². The number of pyridine rings is 1. The van der Waals surface area contributed by atoms with Crippen LogP contribution in [0.3, 0.4) is 0 Å². The van der Waals surface area contributed by atoms with E-state index in [4.69, 9.17) is 0 Å². The van der Waals surface area contributed by atoms with Crippen LogP contribution in [0.2, 0.25) is 0 Å². The van der Waals surface area contributed by atoms with Crippen LogP contribution >= 0.6 is 35.7 Å². The molecule has 0 amide bonds. The lowest BCUT2D eigenvalue weighted by Gasteiger charge is -2.12. The highest BCUT2D eigenvalue weighted by molar-refractivity contribution is 14.0. The minimum Gasteiger partial charge on any atom is -0.365 e. The fourth-order valence-electron chi connectivity index (χ4n) is 1.70. The number of hydrogen-bond donors (Lipinski definition) is 2. The molecule has 4 nitrogen and oxygen atoms in total. The first-order valence-corrected chi connectivity index (χ1v) is 6.13. The zero-order chi connectivity index (χ0) is 10.8. The highest BCUT2D eigenvalue weighted by atomic mass is 127. The highest BCUT2D eigenvalue weighted by Crippen LogP contribution is 2.27. The van der Waals surface area contributed by atoms with Crippen molar-refractivity contribution in [2.75, 3.05) is 13.1 Å². The maximum atomic E-state index is 4.45. The number of aromatic nitrogens is 2. The average Bonchev–Trinajstić information content (AvgIpc) is 2.74. The third kappa shape index (κ3) is 2.74. The summed E-state index contributed by atoms with van der Waals surface area (Å²) in [6, 6.07) is 4.03. The van der Waals surface area contributed by atoms with Crippen molar-refractivity contribution in [1.82, 2.24) is 15.3 Å². The number of aromatic amines is 1. The molecule has 0 aromatic carbocycles. The van der Waals surface area contributed by atoms with Gasteiger partial charge in [0.2, 0.25) is 0 Å². The van der Waals surface area contributed by atoms with E-state index < -0.39 is 0 Å². The number of hydrogen-bond acceptors (Lipinski definition) is 4. The van der Waals surface area contributed by atoms with Crippen LogP contribution in [0.4, 0.5) is 0 Å². The molecule has 90 valence electrons. The van der Waals surface area contributed by atoms with Crippen molar-refractivity contribution >= 4 is 51.9 Å². The van der Waals surface area contributed by atoms with Crippen LogP contribution in [0.25, 0.3) is 11.0 Å². The van der Waals surface area contributed by atoms with Crippen molar-refractivity contribution < 1.29 is 0 Å². The summed E-state index contributed by atoms with van der Waals surface area (Å²) in [5.74, 6) is 0. The van der Waals surface area contributed by atoms with Crippen molar-refractivity contribution in [1.29, 1.82) is 0 Å². The van der Waals surface area contributed by atoms with Crippen LogP contribution in [0.1, 0.15) is 6.42 Å². The van der Waals surface area contributed by atoms with Crippen molar-refractivity contribution in [3.05, 3.63) is 24.5 Å². The summed E-state index contributed by atoms with van der Waals surface area (Å²) in [5.41, 5.74) is 0.932. The zero-order valence-electron chi connectivity index (χ0n) is 9.14. The molecule has 2 N–H and O–H groups in total. The van der Waals surface area contributed by atoms with Gasteiger partial charge >= 0.3 is 0 Å². The molecule has 1 aliphatic heterocycles. The number of rotatable bonds is 1. The zero-order valence-corrected chi connectivity index (χ0v) is 12.3. The standard InChI is InChI=1S/C11H12N4S.HI/c1-3-8-9(7-15-10(8)12-4-1)16-11-13-5-2-6-14-11;/h1,3-4,7H,2,5-6H2,(H,12,15)(H,13,14);1H. The van der Waals surface area contributed by atoms with Crippen molar-refractivity contribution in [3.63, 3.8) is 0 Å². The van der Waals surface area contributed by atoms with Crippen molar-refractivity contribution in [2.24, 2.45) is 4.99 Å². The summed E-state index contributed by atoms with van der Waals surface area (Å²) in [4.78, 5) is 13.1. The third-order valence-electron chi connectivity index (χ3n) is 2.49. The molecule has 2 aromatic heterocycles. The third-order valence-corrected chi connectivity index (χ3v) is 3.51. The number of fused-ring (bicyclic) bond motifs is 1. The SMILES string of the molecule is I.c1cnc2[nH]cc(SC3=NCCCN3)c2c1. The smallest absolute Gasteiger partial charge is 0.161 e. The summed E-state index contributed by atoms with van der Waals surface area (Å²) in [7, 11) is 0. The van der Waals surface area contributed by atoms with Gasteiger partial charge in [0.1, 0.15) is 5.65 Å². The molecule has 0 aliphatic carbocycles. The molecular weight excluding hydrogens is 347 g/mol. The molecule has 6 heteroatoms. The van der Waals surface area contributed by atoms with E-state index in [0.29, 0.717) is 0 Å². The molecule has 2 aromatic rings. The number of H-pyrrole nitrogens is 1. The van der Waals surface area contributed by atoms with Gasteiger partial charge in [0.15, 0.2) is 5.17 Å². The molecule has 0 saturated heterocycles. The van der Waals surface area contributed by atoms with Crippen LogP contribution in [0, 0.1) is 0 Å². The van der Waals surface area contributed by atoms with E-state index >= 15 is 0 Å². The van der Waals surface area contributed by atoms with Crippen LogP contribution in [-0.2, 0) is 0 Å². The van der Waals surface area contributed by atoms with Crippen LogP contribution in [0.5, 0.6) is 0 Å². The van der Waals surface area contributed by atoms with E-state index in [9.17, 15) is 0 Å². The summed E-state index contributed by atoms with van der Waals surface area (Å²) in [6.07, 6.45) is 4.91. The number of nitrogens with zero attached hydrogens (tertiary/aromatic N) is 2. The molecule has 1 aliphatic rings. The molecule has 17 heavy (non-hydrogen) atoms. The predicted octanol–water partition coefficient (Wildman–Crippen LogP) is 2.62. The van der Waals surface area contributed by atoms with Gasteiger partial charge in [-0.2, -0.15) is 0 Å². The van der Waals surface area contributed by atoms with Crippen LogP contribution in [-0.4, -0.2) is 28.2 Å². The fourth-order valence-corrected chi connectivity index (χ4v) is 2.63. The van der Waals surface area contributed by atoms with Gasteiger partial charge < -0.3 is 10.3 Å². The summed E-state index contributed by atoms with van der Waals surface area (Å²) < 4.78 is 0. The fraction of sp³-hybridized carbons (Fsp3) is 0.273. The Balaban J connectivity index is 0.00000108. The Labute approximate surface area is 121 Å². The highest BCUT2D eigenvalue weighted by Gasteiger charge is 2.10. The molecule has 0 saturated carbocycles. The molecule has 3 heterocycles. The largest absolute Gasteiger partial charge is 0.365 e. The molecule has 0 radical (unpaired) electrons.